The molecule has 1 saturated heterocycles. The Hall–Kier alpha value is -0.620. The first kappa shape index (κ1) is 15.8. The molecule has 1 fully saturated rings. The fraction of sp³-hybridized carbons (Fsp3) is 0.500. The number of nitrogens with zero attached hydrogens (tertiary/aromatic N) is 1. The van der Waals surface area contributed by atoms with Gasteiger partial charge in [0.25, 0.3) is 0 Å². The van der Waals surface area contributed by atoms with Crippen molar-refractivity contribution in [1.29, 1.82) is 0 Å². The zero-order valence-corrected chi connectivity index (χ0v) is 13.7. The van der Waals surface area contributed by atoms with E-state index in [-0.39, 0.29) is 5.97 Å². The van der Waals surface area contributed by atoms with Gasteiger partial charge in [-0.2, -0.15) is 0 Å². The van der Waals surface area contributed by atoms with Gasteiger partial charge in [-0.15, -0.1) is 0 Å². The molecule has 1 atom stereocenters. The monoisotopic (exact) mass is 360 g/mol. The highest BCUT2D eigenvalue weighted by atomic mass is 79.9. The van der Waals surface area contributed by atoms with Crippen LogP contribution in [0.3, 0.4) is 0 Å². The third-order valence-corrected chi connectivity index (χ3v) is 4.34. The molecule has 1 aliphatic heterocycles. The Balaban J connectivity index is 2.33. The minimum absolute atomic E-state index is 0.241. The normalized spacial score (nSPS) is 18.4. The molecule has 0 aromatic heterocycles. The Labute approximate surface area is 132 Å². The molecule has 0 saturated carbocycles. The number of hydrogen-bond acceptors (Lipinski definition) is 4. The van der Waals surface area contributed by atoms with Gasteiger partial charge in [-0.25, -0.2) is 4.79 Å². The van der Waals surface area contributed by atoms with Gasteiger partial charge in [0.15, 0.2) is 0 Å². The van der Waals surface area contributed by atoms with E-state index in [1.165, 1.54) is 7.11 Å². The Morgan fingerprint density at radius 1 is 1.45 bits per heavy atom. The van der Waals surface area contributed by atoms with E-state index in [1.807, 2.05) is 12.1 Å². The molecule has 1 aromatic carbocycles. The fourth-order valence-corrected chi connectivity index (χ4v) is 3.33. The number of hydrogen-bond donors (Lipinski definition) is 1. The van der Waals surface area contributed by atoms with Crippen molar-refractivity contribution in [2.24, 2.45) is 0 Å². The summed E-state index contributed by atoms with van der Waals surface area (Å²) >= 11 is 9.47. The van der Waals surface area contributed by atoms with Crippen molar-refractivity contribution < 1.29 is 9.53 Å². The van der Waals surface area contributed by atoms with Crippen molar-refractivity contribution in [3.05, 3.63) is 33.3 Å². The summed E-state index contributed by atoms with van der Waals surface area (Å²) in [7, 11) is 1.43. The fourth-order valence-electron chi connectivity index (χ4n) is 2.43. The first-order valence-electron chi connectivity index (χ1n) is 6.61. The van der Waals surface area contributed by atoms with Crippen LogP contribution < -0.4 is 5.32 Å². The lowest BCUT2D eigenvalue weighted by atomic mass is 10.0. The third-order valence-electron chi connectivity index (χ3n) is 3.42. The molecule has 110 valence electrons. The molecule has 1 N–H and O–H groups in total. The predicted molar refractivity (Wildman–Crippen MR) is 83.0 cm³/mol. The van der Waals surface area contributed by atoms with E-state index in [0.29, 0.717) is 5.02 Å². The maximum atomic E-state index is 12.2. The van der Waals surface area contributed by atoms with Gasteiger partial charge in [0.2, 0.25) is 0 Å². The SMILES string of the molecule is COC(=O)C(c1ccc(Cl)cc1Br)N1CCCNCC1. The average molecular weight is 362 g/mol. The average Bonchev–Trinajstić information content (AvgIpc) is 2.70. The van der Waals surface area contributed by atoms with Gasteiger partial charge >= 0.3 is 5.97 Å². The van der Waals surface area contributed by atoms with E-state index >= 15 is 0 Å². The van der Waals surface area contributed by atoms with Crippen molar-refractivity contribution >= 4 is 33.5 Å². The number of ether oxygens (including phenoxy) is 1. The lowest BCUT2D eigenvalue weighted by Crippen LogP contribution is -2.37. The Bertz CT molecular complexity index is 476. The number of esters is 1. The molecule has 2 rings (SSSR count). The summed E-state index contributed by atoms with van der Waals surface area (Å²) < 4.78 is 5.82. The van der Waals surface area contributed by atoms with Gasteiger partial charge in [-0.1, -0.05) is 33.6 Å². The number of methoxy groups -OCH3 is 1. The lowest BCUT2D eigenvalue weighted by molar-refractivity contribution is -0.147. The van der Waals surface area contributed by atoms with Crippen molar-refractivity contribution in [3.63, 3.8) is 0 Å². The molecule has 1 aliphatic rings. The maximum absolute atomic E-state index is 12.2. The Kier molecular flexibility index (Phi) is 5.84. The molecular formula is C14H18BrClN2O2. The van der Waals surface area contributed by atoms with Crippen molar-refractivity contribution in [1.82, 2.24) is 10.2 Å². The second-order valence-corrected chi connectivity index (χ2v) is 6.02. The number of benzene rings is 1. The second-order valence-electron chi connectivity index (χ2n) is 4.73. The van der Waals surface area contributed by atoms with Gasteiger partial charge in [0, 0.05) is 29.1 Å². The van der Waals surface area contributed by atoms with E-state index < -0.39 is 6.04 Å². The molecule has 1 unspecified atom stereocenters. The second kappa shape index (κ2) is 7.41. The summed E-state index contributed by atoms with van der Waals surface area (Å²) in [4.78, 5) is 14.4. The first-order chi connectivity index (χ1) is 9.63. The topological polar surface area (TPSA) is 41.6 Å². The standard InChI is InChI=1S/C14H18BrClN2O2/c1-20-14(19)13(18-7-2-5-17-6-8-18)11-4-3-10(16)9-12(11)15/h3-4,9,13,17H,2,5-8H2,1H3. The number of carbonyl (C=O) groups is 1. The Morgan fingerprint density at radius 2 is 2.25 bits per heavy atom. The summed E-state index contributed by atoms with van der Waals surface area (Å²) in [6, 6.07) is 5.09. The van der Waals surface area contributed by atoms with Crippen LogP contribution in [0.2, 0.25) is 5.02 Å². The highest BCUT2D eigenvalue weighted by molar-refractivity contribution is 9.10. The molecule has 0 amide bonds. The molecule has 1 aromatic rings. The van der Waals surface area contributed by atoms with Crippen LogP contribution in [0.25, 0.3) is 0 Å². The van der Waals surface area contributed by atoms with E-state index in [9.17, 15) is 4.79 Å². The minimum Gasteiger partial charge on any atom is -0.468 e. The molecule has 0 radical (unpaired) electrons. The van der Waals surface area contributed by atoms with E-state index in [2.05, 4.69) is 26.1 Å². The van der Waals surface area contributed by atoms with Gasteiger partial charge in [0.1, 0.15) is 6.04 Å². The van der Waals surface area contributed by atoms with Crippen LogP contribution >= 0.6 is 27.5 Å². The van der Waals surface area contributed by atoms with Crippen molar-refractivity contribution in [2.45, 2.75) is 12.5 Å². The molecule has 1 heterocycles. The van der Waals surface area contributed by atoms with Crippen LogP contribution in [0.4, 0.5) is 0 Å². The summed E-state index contributed by atoms with van der Waals surface area (Å²) in [5.74, 6) is -0.241. The van der Waals surface area contributed by atoms with Crippen molar-refractivity contribution in [2.75, 3.05) is 33.3 Å². The minimum atomic E-state index is -0.397. The van der Waals surface area contributed by atoms with Crippen LogP contribution in [-0.4, -0.2) is 44.2 Å². The number of rotatable bonds is 3. The molecule has 4 nitrogen and oxygen atoms in total. The first-order valence-corrected chi connectivity index (χ1v) is 7.78. The highest BCUT2D eigenvalue weighted by Crippen LogP contribution is 2.31. The van der Waals surface area contributed by atoms with Crippen LogP contribution in [-0.2, 0) is 9.53 Å². The third kappa shape index (κ3) is 3.73. The largest absolute Gasteiger partial charge is 0.468 e. The van der Waals surface area contributed by atoms with Crippen LogP contribution in [0.15, 0.2) is 22.7 Å². The van der Waals surface area contributed by atoms with Gasteiger partial charge in [-0.3, -0.25) is 4.90 Å². The molecule has 0 bridgehead atoms. The van der Waals surface area contributed by atoms with E-state index in [1.54, 1.807) is 6.07 Å². The van der Waals surface area contributed by atoms with Crippen LogP contribution in [0.1, 0.15) is 18.0 Å². The summed E-state index contributed by atoms with van der Waals surface area (Å²) in [5.41, 5.74) is 0.892. The molecule has 20 heavy (non-hydrogen) atoms. The van der Waals surface area contributed by atoms with Gasteiger partial charge in [-0.05, 0) is 30.7 Å². The zero-order chi connectivity index (χ0) is 14.5. The Morgan fingerprint density at radius 3 is 2.95 bits per heavy atom. The van der Waals surface area contributed by atoms with E-state index in [0.717, 1.165) is 42.6 Å². The summed E-state index contributed by atoms with van der Waals surface area (Å²) in [5, 5.41) is 3.98. The molecule has 6 heteroatoms. The maximum Gasteiger partial charge on any atom is 0.327 e. The van der Waals surface area contributed by atoms with E-state index in [4.69, 9.17) is 16.3 Å². The van der Waals surface area contributed by atoms with Crippen LogP contribution in [0, 0.1) is 0 Å². The molecule has 0 spiro atoms. The predicted octanol–water partition coefficient (Wildman–Crippen LogP) is 2.61. The number of halogens is 2. The van der Waals surface area contributed by atoms with Gasteiger partial charge in [0.05, 0.1) is 7.11 Å². The summed E-state index contributed by atoms with van der Waals surface area (Å²) in [6.45, 7) is 3.53. The molecular weight excluding hydrogens is 344 g/mol. The van der Waals surface area contributed by atoms with Gasteiger partial charge < -0.3 is 10.1 Å². The number of nitrogens with one attached hydrogen (secondary N) is 1. The quantitative estimate of drug-likeness (QED) is 0.840. The van der Waals surface area contributed by atoms with Crippen LogP contribution in [0.5, 0.6) is 0 Å². The smallest absolute Gasteiger partial charge is 0.327 e. The zero-order valence-electron chi connectivity index (χ0n) is 11.4. The van der Waals surface area contributed by atoms with Crippen molar-refractivity contribution in [3.8, 4) is 0 Å². The molecule has 0 aliphatic carbocycles. The lowest BCUT2D eigenvalue weighted by Gasteiger charge is -2.29. The highest BCUT2D eigenvalue weighted by Gasteiger charge is 2.30. The summed E-state index contributed by atoms with van der Waals surface area (Å²) in [6.07, 6.45) is 1.01. The number of carbonyl (C=O) groups excluding carboxylic acids is 1.